The molecular formula is C23H20N6. The van der Waals surface area contributed by atoms with Crippen LogP contribution in [0.1, 0.15) is 16.7 Å². The van der Waals surface area contributed by atoms with Crippen LogP contribution in [-0.4, -0.2) is 26.1 Å². The van der Waals surface area contributed by atoms with Gasteiger partial charge in [0.2, 0.25) is 0 Å². The average Bonchev–Trinajstić information content (AvgIpc) is 3.24. The van der Waals surface area contributed by atoms with Gasteiger partial charge < -0.3 is 10.3 Å². The van der Waals surface area contributed by atoms with Crippen molar-refractivity contribution in [3.63, 3.8) is 0 Å². The number of imidazole rings is 1. The molecule has 0 aliphatic heterocycles. The number of hydrogen-bond donors (Lipinski definition) is 1. The van der Waals surface area contributed by atoms with E-state index < -0.39 is 0 Å². The fourth-order valence-electron chi connectivity index (χ4n) is 3.20. The highest BCUT2D eigenvalue weighted by Crippen LogP contribution is 2.24. The van der Waals surface area contributed by atoms with E-state index in [-0.39, 0.29) is 0 Å². The molecule has 4 rings (SSSR count). The Morgan fingerprint density at radius 1 is 1.00 bits per heavy atom. The summed E-state index contributed by atoms with van der Waals surface area (Å²) >= 11 is 0. The van der Waals surface area contributed by atoms with Crippen LogP contribution in [0.25, 0.3) is 22.6 Å². The molecule has 0 radical (unpaired) electrons. The molecule has 0 atom stereocenters. The van der Waals surface area contributed by atoms with E-state index in [1.165, 1.54) is 0 Å². The van der Waals surface area contributed by atoms with Crippen molar-refractivity contribution in [3.05, 3.63) is 90.1 Å². The molecule has 0 spiro atoms. The largest absolute Gasteiger partial charge is 0.332 e. The first-order valence-corrected chi connectivity index (χ1v) is 9.38. The zero-order valence-corrected chi connectivity index (χ0v) is 15.9. The number of benzene rings is 2. The lowest BCUT2D eigenvalue weighted by molar-refractivity contribution is 0.797. The summed E-state index contributed by atoms with van der Waals surface area (Å²) in [7, 11) is 0. The van der Waals surface area contributed by atoms with Crippen molar-refractivity contribution >= 4 is 0 Å². The van der Waals surface area contributed by atoms with E-state index in [9.17, 15) is 5.26 Å². The standard InChI is InChI=1S/C23H20N6/c24-9-8-18-12-26-23(27-13-18)21-7-6-17(11-25)10-20(21)14-29-15-22(28-16-29)19-4-2-1-3-5-19/h1-7,10,12-13,15-16H,8-9,14,24H2. The van der Waals surface area contributed by atoms with Crippen molar-refractivity contribution in [2.45, 2.75) is 13.0 Å². The van der Waals surface area contributed by atoms with Gasteiger partial charge in [-0.05, 0) is 42.3 Å². The Bertz CT molecular complexity index is 1140. The maximum absolute atomic E-state index is 9.33. The minimum absolute atomic E-state index is 0.565. The second-order valence-electron chi connectivity index (χ2n) is 6.73. The van der Waals surface area contributed by atoms with Crippen LogP contribution in [0, 0.1) is 11.3 Å². The molecule has 2 aromatic heterocycles. The molecule has 6 heteroatoms. The molecular weight excluding hydrogens is 360 g/mol. The molecule has 2 aromatic carbocycles. The van der Waals surface area contributed by atoms with Crippen molar-refractivity contribution in [2.24, 2.45) is 5.73 Å². The van der Waals surface area contributed by atoms with Crippen molar-refractivity contribution in [2.75, 3.05) is 6.54 Å². The van der Waals surface area contributed by atoms with Gasteiger partial charge in [0, 0.05) is 36.3 Å². The van der Waals surface area contributed by atoms with Crippen molar-refractivity contribution in [3.8, 4) is 28.7 Å². The van der Waals surface area contributed by atoms with E-state index in [0.29, 0.717) is 24.5 Å². The van der Waals surface area contributed by atoms with E-state index in [4.69, 9.17) is 5.73 Å². The van der Waals surface area contributed by atoms with E-state index in [1.807, 2.05) is 65.6 Å². The van der Waals surface area contributed by atoms with Crippen LogP contribution < -0.4 is 5.73 Å². The van der Waals surface area contributed by atoms with Crippen molar-refractivity contribution in [1.82, 2.24) is 19.5 Å². The Balaban J connectivity index is 1.66. The summed E-state index contributed by atoms with van der Waals surface area (Å²) in [6.07, 6.45) is 8.17. The monoisotopic (exact) mass is 380 g/mol. The fourth-order valence-corrected chi connectivity index (χ4v) is 3.20. The van der Waals surface area contributed by atoms with Gasteiger partial charge in [-0.3, -0.25) is 0 Å². The molecule has 2 N–H and O–H groups in total. The van der Waals surface area contributed by atoms with E-state index >= 15 is 0 Å². The van der Waals surface area contributed by atoms with Gasteiger partial charge in [-0.15, -0.1) is 0 Å². The normalized spacial score (nSPS) is 10.6. The Labute approximate surface area is 169 Å². The van der Waals surface area contributed by atoms with Gasteiger partial charge in [-0.1, -0.05) is 30.3 Å². The number of hydrogen-bond acceptors (Lipinski definition) is 5. The maximum Gasteiger partial charge on any atom is 0.159 e. The van der Waals surface area contributed by atoms with Crippen LogP contribution in [0.3, 0.4) is 0 Å². The third-order valence-corrected chi connectivity index (χ3v) is 4.67. The highest BCUT2D eigenvalue weighted by atomic mass is 15.0. The molecule has 2 heterocycles. The quantitative estimate of drug-likeness (QED) is 0.553. The second kappa shape index (κ2) is 8.46. The van der Waals surface area contributed by atoms with Gasteiger partial charge in [-0.2, -0.15) is 5.26 Å². The molecule has 4 aromatic rings. The lowest BCUT2D eigenvalue weighted by Crippen LogP contribution is -2.05. The van der Waals surface area contributed by atoms with E-state index in [2.05, 4.69) is 21.0 Å². The van der Waals surface area contributed by atoms with Gasteiger partial charge in [0.05, 0.1) is 23.7 Å². The molecule has 0 bridgehead atoms. The molecule has 0 fully saturated rings. The van der Waals surface area contributed by atoms with Crippen LogP contribution in [0.2, 0.25) is 0 Å². The first-order chi connectivity index (χ1) is 14.3. The van der Waals surface area contributed by atoms with Gasteiger partial charge in [0.15, 0.2) is 5.82 Å². The smallest absolute Gasteiger partial charge is 0.159 e. The summed E-state index contributed by atoms with van der Waals surface area (Å²) in [5.74, 6) is 0.633. The molecule has 6 nitrogen and oxygen atoms in total. The van der Waals surface area contributed by atoms with Gasteiger partial charge in [-0.25, -0.2) is 15.0 Å². The van der Waals surface area contributed by atoms with Crippen LogP contribution in [0.5, 0.6) is 0 Å². The highest BCUT2D eigenvalue weighted by molar-refractivity contribution is 5.62. The highest BCUT2D eigenvalue weighted by Gasteiger charge is 2.11. The zero-order chi connectivity index (χ0) is 20.1. The Hall–Kier alpha value is -3.82. The van der Waals surface area contributed by atoms with E-state index in [1.54, 1.807) is 12.4 Å². The van der Waals surface area contributed by atoms with Gasteiger partial charge in [0.25, 0.3) is 0 Å². The zero-order valence-electron chi connectivity index (χ0n) is 15.9. The lowest BCUT2D eigenvalue weighted by Gasteiger charge is -2.10. The van der Waals surface area contributed by atoms with Crippen LogP contribution in [0.15, 0.2) is 73.4 Å². The Morgan fingerprint density at radius 3 is 2.52 bits per heavy atom. The predicted molar refractivity (Wildman–Crippen MR) is 112 cm³/mol. The molecule has 142 valence electrons. The minimum Gasteiger partial charge on any atom is -0.332 e. The van der Waals surface area contributed by atoms with Crippen LogP contribution in [0.4, 0.5) is 0 Å². The molecule has 0 aliphatic rings. The first kappa shape index (κ1) is 18.5. The first-order valence-electron chi connectivity index (χ1n) is 9.38. The molecule has 0 aliphatic carbocycles. The molecule has 0 saturated heterocycles. The average molecular weight is 380 g/mol. The third kappa shape index (κ3) is 4.21. The minimum atomic E-state index is 0.565. The number of aromatic nitrogens is 4. The number of nitriles is 1. The summed E-state index contributed by atoms with van der Waals surface area (Å²) in [5, 5.41) is 9.33. The van der Waals surface area contributed by atoms with Crippen LogP contribution in [-0.2, 0) is 13.0 Å². The number of nitrogens with zero attached hydrogens (tertiary/aromatic N) is 5. The molecule has 0 saturated carbocycles. The Kier molecular flexibility index (Phi) is 5.41. The van der Waals surface area contributed by atoms with Crippen LogP contribution >= 0.6 is 0 Å². The van der Waals surface area contributed by atoms with Crippen molar-refractivity contribution in [1.29, 1.82) is 5.26 Å². The van der Waals surface area contributed by atoms with Gasteiger partial charge >= 0.3 is 0 Å². The summed E-state index contributed by atoms with van der Waals surface area (Å²) in [6, 6.07) is 17.8. The Morgan fingerprint density at radius 2 is 1.79 bits per heavy atom. The predicted octanol–water partition coefficient (Wildman–Crippen LogP) is 3.43. The van der Waals surface area contributed by atoms with Gasteiger partial charge in [0.1, 0.15) is 0 Å². The summed E-state index contributed by atoms with van der Waals surface area (Å²) in [5.41, 5.74) is 11.1. The summed E-state index contributed by atoms with van der Waals surface area (Å²) < 4.78 is 2.01. The number of rotatable bonds is 6. The summed E-state index contributed by atoms with van der Waals surface area (Å²) in [4.78, 5) is 13.5. The fraction of sp³-hybridized carbons (Fsp3) is 0.130. The van der Waals surface area contributed by atoms with Crippen molar-refractivity contribution < 1.29 is 0 Å². The summed E-state index contributed by atoms with van der Waals surface area (Å²) in [6.45, 7) is 1.13. The topological polar surface area (TPSA) is 93.4 Å². The molecule has 0 amide bonds. The number of nitrogens with two attached hydrogens (primary N) is 1. The second-order valence-corrected chi connectivity index (χ2v) is 6.73. The SMILES string of the molecule is N#Cc1ccc(-c2ncc(CCN)cn2)c(Cn2cnc(-c3ccccc3)c2)c1. The lowest BCUT2D eigenvalue weighted by atomic mass is 10.0. The molecule has 0 unspecified atom stereocenters. The third-order valence-electron chi connectivity index (χ3n) is 4.67. The maximum atomic E-state index is 9.33. The molecule has 29 heavy (non-hydrogen) atoms. The van der Waals surface area contributed by atoms with E-state index in [0.717, 1.165) is 34.4 Å².